The van der Waals surface area contributed by atoms with Crippen LogP contribution in [-0.4, -0.2) is 28.9 Å². The summed E-state index contributed by atoms with van der Waals surface area (Å²) in [6, 6.07) is 18.9. The minimum absolute atomic E-state index is 0.286. The van der Waals surface area contributed by atoms with Crippen molar-refractivity contribution in [3.05, 3.63) is 84.1 Å². The largest absolute Gasteiger partial charge is 0.361 e. The lowest BCUT2D eigenvalue weighted by Crippen LogP contribution is -2.43. The summed E-state index contributed by atoms with van der Waals surface area (Å²) in [5, 5.41) is 1.27. The quantitative estimate of drug-likeness (QED) is 0.515. The highest BCUT2D eigenvalue weighted by Crippen LogP contribution is 2.49. The molecule has 0 radical (unpaired) electrons. The molecule has 1 heterocycles. The second kappa shape index (κ2) is 8.14. The van der Waals surface area contributed by atoms with E-state index in [-0.39, 0.29) is 5.41 Å². The third-order valence-electron chi connectivity index (χ3n) is 6.96. The maximum absolute atomic E-state index is 13.8. The van der Waals surface area contributed by atoms with E-state index in [2.05, 4.69) is 76.8 Å². The first-order valence-corrected chi connectivity index (χ1v) is 11.3. The molecule has 0 unspecified atom stereocenters. The predicted octanol–water partition coefficient (Wildman–Crippen LogP) is 5.63. The number of nitrogens with zero attached hydrogens (tertiary/aromatic N) is 1. The van der Waals surface area contributed by atoms with E-state index < -0.39 is 0 Å². The van der Waals surface area contributed by atoms with Gasteiger partial charge in [0.2, 0.25) is 5.91 Å². The van der Waals surface area contributed by atoms with Gasteiger partial charge in [-0.2, -0.15) is 0 Å². The third kappa shape index (κ3) is 3.69. The smallest absolute Gasteiger partial charge is 0.233 e. The number of amides is 1. The molecule has 5 rings (SSSR count). The van der Waals surface area contributed by atoms with E-state index in [9.17, 15) is 4.79 Å². The number of hydrogen-bond donors (Lipinski definition) is 1. The van der Waals surface area contributed by atoms with Gasteiger partial charge in [0.25, 0.3) is 0 Å². The van der Waals surface area contributed by atoms with Crippen molar-refractivity contribution in [2.75, 3.05) is 13.1 Å². The number of H-pyrrole nitrogens is 1. The van der Waals surface area contributed by atoms with Crippen molar-refractivity contribution >= 4 is 16.8 Å². The van der Waals surface area contributed by atoms with Gasteiger partial charge in [-0.15, -0.1) is 0 Å². The lowest BCUT2D eigenvalue weighted by molar-refractivity contribution is -0.134. The zero-order valence-corrected chi connectivity index (χ0v) is 17.5. The molecule has 2 aliphatic carbocycles. The molecule has 2 aromatic carbocycles. The van der Waals surface area contributed by atoms with Crippen molar-refractivity contribution in [3.63, 3.8) is 0 Å². The fourth-order valence-electron chi connectivity index (χ4n) is 5.01. The van der Waals surface area contributed by atoms with E-state index >= 15 is 0 Å². The lowest BCUT2D eigenvalue weighted by atomic mass is 9.91. The molecule has 0 saturated heterocycles. The molecule has 3 heteroatoms. The number of carbonyl (C=O) groups is 1. The Morgan fingerprint density at radius 3 is 2.60 bits per heavy atom. The Balaban J connectivity index is 1.37. The monoisotopic (exact) mass is 398 g/mol. The Morgan fingerprint density at radius 1 is 1.03 bits per heavy atom. The van der Waals surface area contributed by atoms with Crippen LogP contribution in [0.1, 0.15) is 43.2 Å². The summed E-state index contributed by atoms with van der Waals surface area (Å²) in [5.74, 6) is 0.914. The van der Waals surface area contributed by atoms with E-state index in [1.807, 2.05) is 6.07 Å². The highest BCUT2D eigenvalue weighted by atomic mass is 16.2. The molecule has 0 aliphatic heterocycles. The predicted molar refractivity (Wildman–Crippen MR) is 122 cm³/mol. The Labute approximate surface area is 178 Å². The fraction of sp³-hybridized carbons (Fsp3) is 0.370. The molecule has 3 nitrogen and oxygen atoms in total. The standard InChI is InChI=1S/C27H30N2O/c30-26(27(16-17-27)23-11-5-2-6-12-23)29(20-21-9-3-1-4-10-21)18-15-22-19-28-25-14-8-7-13-24(22)25/h1-3,5-8,11-14,19,21,28H,4,9-10,15-18,20H2/t21-/m1/s1. The zero-order valence-electron chi connectivity index (χ0n) is 17.5. The normalized spacial score (nSPS) is 19.7. The highest BCUT2D eigenvalue weighted by Gasteiger charge is 2.52. The van der Waals surface area contributed by atoms with E-state index in [1.54, 1.807) is 0 Å². The van der Waals surface area contributed by atoms with Crippen molar-refractivity contribution in [2.24, 2.45) is 5.92 Å². The molecule has 1 saturated carbocycles. The van der Waals surface area contributed by atoms with Crippen LogP contribution >= 0.6 is 0 Å². The second-order valence-corrected chi connectivity index (χ2v) is 8.96. The van der Waals surface area contributed by atoms with Crippen LogP contribution in [0, 0.1) is 5.92 Å². The van der Waals surface area contributed by atoms with Crippen molar-refractivity contribution in [2.45, 2.75) is 43.9 Å². The average Bonchev–Trinajstić information content (AvgIpc) is 3.52. The van der Waals surface area contributed by atoms with Gasteiger partial charge in [0, 0.05) is 30.2 Å². The van der Waals surface area contributed by atoms with E-state index in [4.69, 9.17) is 0 Å². The summed E-state index contributed by atoms with van der Waals surface area (Å²) >= 11 is 0. The van der Waals surface area contributed by atoms with Crippen LogP contribution in [0.25, 0.3) is 10.9 Å². The summed E-state index contributed by atoms with van der Waals surface area (Å²) in [4.78, 5) is 19.4. The molecule has 1 amide bonds. The molecule has 2 aliphatic rings. The number of hydrogen-bond acceptors (Lipinski definition) is 1. The summed E-state index contributed by atoms with van der Waals surface area (Å²) in [6.07, 6.45) is 12.9. The van der Waals surface area contributed by atoms with E-state index in [0.29, 0.717) is 11.8 Å². The van der Waals surface area contributed by atoms with Gasteiger partial charge >= 0.3 is 0 Å². The number of fused-ring (bicyclic) bond motifs is 1. The van der Waals surface area contributed by atoms with Crippen LogP contribution < -0.4 is 0 Å². The number of nitrogens with one attached hydrogen (secondary N) is 1. The maximum Gasteiger partial charge on any atom is 0.233 e. The first kappa shape index (κ1) is 19.2. The third-order valence-corrected chi connectivity index (χ3v) is 6.96. The van der Waals surface area contributed by atoms with E-state index in [0.717, 1.165) is 45.2 Å². The lowest BCUT2D eigenvalue weighted by Gasteiger charge is -2.32. The van der Waals surface area contributed by atoms with Gasteiger partial charge in [-0.25, -0.2) is 0 Å². The van der Waals surface area contributed by atoms with Gasteiger partial charge in [-0.05, 0) is 61.6 Å². The number of aromatic amines is 1. The van der Waals surface area contributed by atoms with Gasteiger partial charge in [0.1, 0.15) is 0 Å². The zero-order chi connectivity index (χ0) is 20.4. The van der Waals surface area contributed by atoms with Gasteiger partial charge in [0.15, 0.2) is 0 Å². The molecular formula is C27H30N2O. The molecule has 3 aromatic rings. The molecule has 1 atom stereocenters. The number of para-hydroxylation sites is 1. The number of allylic oxidation sites excluding steroid dienone is 2. The summed E-state index contributed by atoms with van der Waals surface area (Å²) in [6.45, 7) is 1.66. The first-order valence-electron chi connectivity index (χ1n) is 11.3. The molecule has 1 fully saturated rings. The molecule has 1 N–H and O–H groups in total. The molecule has 1 aromatic heterocycles. The molecule has 154 valence electrons. The fourth-order valence-corrected chi connectivity index (χ4v) is 5.01. The maximum atomic E-state index is 13.8. The van der Waals surface area contributed by atoms with Crippen LogP contribution in [0.4, 0.5) is 0 Å². The molecule has 30 heavy (non-hydrogen) atoms. The molecular weight excluding hydrogens is 368 g/mol. The minimum atomic E-state index is -0.286. The number of benzene rings is 2. The van der Waals surface area contributed by atoms with E-state index in [1.165, 1.54) is 28.5 Å². The Kier molecular flexibility index (Phi) is 5.20. The van der Waals surface area contributed by atoms with Crippen molar-refractivity contribution < 1.29 is 4.79 Å². The summed E-state index contributed by atoms with van der Waals surface area (Å²) in [5.41, 5.74) is 3.38. The van der Waals surface area contributed by atoms with Crippen LogP contribution in [0.15, 0.2) is 72.9 Å². The van der Waals surface area contributed by atoms with Crippen molar-refractivity contribution in [1.29, 1.82) is 0 Å². The van der Waals surface area contributed by atoms with Crippen molar-refractivity contribution in [3.8, 4) is 0 Å². The van der Waals surface area contributed by atoms with Crippen molar-refractivity contribution in [1.82, 2.24) is 9.88 Å². The minimum Gasteiger partial charge on any atom is -0.361 e. The van der Waals surface area contributed by atoms with Crippen LogP contribution in [0.2, 0.25) is 0 Å². The van der Waals surface area contributed by atoms with Gasteiger partial charge in [0.05, 0.1) is 5.41 Å². The summed E-state index contributed by atoms with van der Waals surface area (Å²) in [7, 11) is 0. The molecule has 0 spiro atoms. The SMILES string of the molecule is O=C(N(CCc1c[nH]c2ccccc12)C[C@@H]1CC=CCC1)C1(c2ccccc2)CC1. The van der Waals surface area contributed by atoms with Gasteiger partial charge in [-0.3, -0.25) is 4.79 Å². The van der Waals surface area contributed by atoms with Crippen LogP contribution in [0.5, 0.6) is 0 Å². The summed E-state index contributed by atoms with van der Waals surface area (Å²) < 4.78 is 0. The van der Waals surface area contributed by atoms with Crippen LogP contribution in [-0.2, 0) is 16.6 Å². The first-order chi connectivity index (χ1) is 14.8. The topological polar surface area (TPSA) is 36.1 Å². The number of rotatable bonds is 7. The van der Waals surface area contributed by atoms with Gasteiger partial charge in [-0.1, -0.05) is 60.7 Å². The van der Waals surface area contributed by atoms with Gasteiger partial charge < -0.3 is 9.88 Å². The molecule has 0 bridgehead atoms. The Bertz CT molecular complexity index is 1040. The Morgan fingerprint density at radius 2 is 1.83 bits per heavy atom. The van der Waals surface area contributed by atoms with Crippen LogP contribution in [0.3, 0.4) is 0 Å². The Hall–Kier alpha value is -2.81. The second-order valence-electron chi connectivity index (χ2n) is 8.96. The number of carbonyl (C=O) groups excluding carboxylic acids is 1. The highest BCUT2D eigenvalue weighted by molar-refractivity contribution is 5.91. The average molecular weight is 399 g/mol. The number of aromatic nitrogens is 1.